The molecule has 3 nitrogen and oxygen atoms in total. The SMILES string of the molecule is CCOC(=O)N[C@@H]1CC2CCC1CC2. The number of carbonyl (C=O) groups is 1. The van der Waals surface area contributed by atoms with Gasteiger partial charge in [-0.3, -0.25) is 0 Å². The summed E-state index contributed by atoms with van der Waals surface area (Å²) in [6, 6.07) is 0.390. The third-order valence-electron chi connectivity index (χ3n) is 3.63. The van der Waals surface area contributed by atoms with E-state index in [-0.39, 0.29) is 6.09 Å². The van der Waals surface area contributed by atoms with Crippen LogP contribution >= 0.6 is 0 Å². The van der Waals surface area contributed by atoms with Crippen LogP contribution < -0.4 is 5.32 Å². The van der Waals surface area contributed by atoms with Gasteiger partial charge in [-0.05, 0) is 38.0 Å². The van der Waals surface area contributed by atoms with Crippen LogP contribution in [0, 0.1) is 11.8 Å². The highest BCUT2D eigenvalue weighted by Crippen LogP contribution is 2.41. The first-order chi connectivity index (χ1) is 6.79. The van der Waals surface area contributed by atoms with Crippen LogP contribution in [0.2, 0.25) is 0 Å². The van der Waals surface area contributed by atoms with Gasteiger partial charge in [-0.15, -0.1) is 0 Å². The first-order valence-electron chi connectivity index (χ1n) is 5.73. The Morgan fingerprint density at radius 1 is 1.36 bits per heavy atom. The molecule has 80 valence electrons. The third kappa shape index (κ3) is 2.02. The lowest BCUT2D eigenvalue weighted by Crippen LogP contribution is -2.47. The highest BCUT2D eigenvalue weighted by molar-refractivity contribution is 5.67. The van der Waals surface area contributed by atoms with Gasteiger partial charge in [0.15, 0.2) is 0 Å². The molecular weight excluding hydrogens is 178 g/mol. The summed E-state index contributed by atoms with van der Waals surface area (Å²) >= 11 is 0. The second-order valence-corrected chi connectivity index (χ2v) is 4.49. The van der Waals surface area contributed by atoms with Gasteiger partial charge in [-0.1, -0.05) is 12.8 Å². The minimum Gasteiger partial charge on any atom is -0.450 e. The molecule has 3 fully saturated rings. The monoisotopic (exact) mass is 197 g/mol. The minimum absolute atomic E-state index is 0.231. The standard InChI is InChI=1S/C11H19NO2/c1-2-14-11(13)12-10-7-8-3-5-9(10)6-4-8/h8-10H,2-7H2,1H3,(H,12,13)/t8?,9?,10-/m1/s1. The summed E-state index contributed by atoms with van der Waals surface area (Å²) in [5.41, 5.74) is 0. The van der Waals surface area contributed by atoms with E-state index in [1.165, 1.54) is 32.1 Å². The zero-order chi connectivity index (χ0) is 9.97. The maximum Gasteiger partial charge on any atom is 0.407 e. The molecule has 3 rings (SSSR count). The maximum absolute atomic E-state index is 11.3. The Morgan fingerprint density at radius 2 is 2.07 bits per heavy atom. The summed E-state index contributed by atoms with van der Waals surface area (Å²) in [5.74, 6) is 1.57. The molecule has 0 radical (unpaired) electrons. The van der Waals surface area contributed by atoms with E-state index in [0.29, 0.717) is 18.6 Å². The molecule has 3 aliphatic carbocycles. The van der Waals surface area contributed by atoms with E-state index in [2.05, 4.69) is 5.32 Å². The number of amides is 1. The third-order valence-corrected chi connectivity index (χ3v) is 3.63. The number of carbonyl (C=O) groups excluding carboxylic acids is 1. The molecule has 3 heteroatoms. The molecule has 1 atom stereocenters. The van der Waals surface area contributed by atoms with E-state index in [4.69, 9.17) is 4.74 Å². The molecular formula is C11H19NO2. The van der Waals surface area contributed by atoms with Crippen molar-refractivity contribution in [3.8, 4) is 0 Å². The van der Waals surface area contributed by atoms with Gasteiger partial charge in [0, 0.05) is 6.04 Å². The number of alkyl carbamates (subject to hydrolysis) is 1. The van der Waals surface area contributed by atoms with Crippen molar-refractivity contribution < 1.29 is 9.53 Å². The second kappa shape index (κ2) is 4.20. The van der Waals surface area contributed by atoms with Crippen LogP contribution in [0.4, 0.5) is 4.79 Å². The number of fused-ring (bicyclic) bond motifs is 3. The summed E-state index contributed by atoms with van der Waals surface area (Å²) < 4.78 is 4.90. The summed E-state index contributed by atoms with van der Waals surface area (Å²) in [7, 11) is 0. The number of nitrogens with one attached hydrogen (secondary N) is 1. The first kappa shape index (κ1) is 9.81. The average Bonchev–Trinajstić information content (AvgIpc) is 2.19. The molecule has 0 spiro atoms. The van der Waals surface area contributed by atoms with Crippen molar-refractivity contribution in [2.45, 2.75) is 45.1 Å². The normalized spacial score (nSPS) is 35.4. The van der Waals surface area contributed by atoms with Gasteiger partial charge in [-0.25, -0.2) is 4.79 Å². The van der Waals surface area contributed by atoms with Crippen molar-refractivity contribution in [3.05, 3.63) is 0 Å². The van der Waals surface area contributed by atoms with Gasteiger partial charge >= 0.3 is 6.09 Å². The zero-order valence-corrected chi connectivity index (χ0v) is 8.79. The highest BCUT2D eigenvalue weighted by Gasteiger charge is 2.36. The van der Waals surface area contributed by atoms with Crippen LogP contribution in [0.15, 0.2) is 0 Å². The Balaban J connectivity index is 1.83. The average molecular weight is 197 g/mol. The quantitative estimate of drug-likeness (QED) is 0.737. The van der Waals surface area contributed by atoms with E-state index in [9.17, 15) is 4.79 Å². The Bertz CT molecular complexity index is 209. The number of hydrogen-bond acceptors (Lipinski definition) is 2. The van der Waals surface area contributed by atoms with E-state index in [1.807, 2.05) is 6.92 Å². The Morgan fingerprint density at radius 3 is 2.57 bits per heavy atom. The van der Waals surface area contributed by atoms with E-state index < -0.39 is 0 Å². The summed E-state index contributed by atoms with van der Waals surface area (Å²) in [6.07, 6.45) is 6.26. The van der Waals surface area contributed by atoms with Gasteiger partial charge in [-0.2, -0.15) is 0 Å². The fourth-order valence-electron chi connectivity index (χ4n) is 2.88. The molecule has 0 unspecified atom stereocenters. The van der Waals surface area contributed by atoms with E-state index >= 15 is 0 Å². The van der Waals surface area contributed by atoms with Crippen molar-refractivity contribution in [1.29, 1.82) is 0 Å². The molecule has 0 heterocycles. The van der Waals surface area contributed by atoms with Crippen molar-refractivity contribution in [3.63, 3.8) is 0 Å². The van der Waals surface area contributed by atoms with Crippen LogP contribution in [0.25, 0.3) is 0 Å². The largest absolute Gasteiger partial charge is 0.450 e. The second-order valence-electron chi connectivity index (χ2n) is 4.49. The molecule has 0 aromatic heterocycles. The predicted octanol–water partition coefficient (Wildman–Crippen LogP) is 2.31. The molecule has 3 aliphatic rings. The fourth-order valence-corrected chi connectivity index (χ4v) is 2.88. The Labute approximate surface area is 85.2 Å². The van der Waals surface area contributed by atoms with Crippen LogP contribution in [0.3, 0.4) is 0 Å². The van der Waals surface area contributed by atoms with Gasteiger partial charge in [0.25, 0.3) is 0 Å². The molecule has 14 heavy (non-hydrogen) atoms. The number of rotatable bonds is 2. The number of hydrogen-bond donors (Lipinski definition) is 1. The maximum atomic E-state index is 11.3. The molecule has 2 bridgehead atoms. The molecule has 0 aromatic rings. The topological polar surface area (TPSA) is 38.3 Å². The summed E-state index contributed by atoms with van der Waals surface area (Å²) in [5, 5.41) is 2.99. The zero-order valence-electron chi connectivity index (χ0n) is 8.79. The van der Waals surface area contributed by atoms with Gasteiger partial charge in [0.05, 0.1) is 6.61 Å². The van der Waals surface area contributed by atoms with E-state index in [1.54, 1.807) is 0 Å². The molecule has 0 aromatic carbocycles. The molecule has 0 saturated heterocycles. The Hall–Kier alpha value is -0.730. The Kier molecular flexibility index (Phi) is 2.94. The van der Waals surface area contributed by atoms with E-state index in [0.717, 1.165) is 5.92 Å². The summed E-state index contributed by atoms with van der Waals surface area (Å²) in [4.78, 5) is 11.3. The van der Waals surface area contributed by atoms with Gasteiger partial charge in [0.1, 0.15) is 0 Å². The molecule has 1 amide bonds. The van der Waals surface area contributed by atoms with Crippen LogP contribution in [0.1, 0.15) is 39.0 Å². The van der Waals surface area contributed by atoms with Crippen LogP contribution in [-0.4, -0.2) is 18.7 Å². The molecule has 3 saturated carbocycles. The van der Waals surface area contributed by atoms with Crippen LogP contribution in [-0.2, 0) is 4.74 Å². The summed E-state index contributed by atoms with van der Waals surface area (Å²) in [6.45, 7) is 2.30. The molecule has 1 N–H and O–H groups in total. The fraction of sp³-hybridized carbons (Fsp3) is 0.909. The van der Waals surface area contributed by atoms with Crippen LogP contribution in [0.5, 0.6) is 0 Å². The lowest BCUT2D eigenvalue weighted by atomic mass is 9.68. The van der Waals surface area contributed by atoms with Gasteiger partial charge in [0.2, 0.25) is 0 Å². The smallest absolute Gasteiger partial charge is 0.407 e. The number of ether oxygens (including phenoxy) is 1. The van der Waals surface area contributed by atoms with Crippen molar-refractivity contribution >= 4 is 6.09 Å². The lowest BCUT2D eigenvalue weighted by Gasteiger charge is -2.42. The predicted molar refractivity (Wildman–Crippen MR) is 54.0 cm³/mol. The minimum atomic E-state index is -0.231. The highest BCUT2D eigenvalue weighted by atomic mass is 16.5. The van der Waals surface area contributed by atoms with Crippen molar-refractivity contribution in [2.75, 3.05) is 6.61 Å². The first-order valence-corrected chi connectivity index (χ1v) is 5.73. The van der Waals surface area contributed by atoms with Crippen molar-refractivity contribution in [2.24, 2.45) is 11.8 Å². The molecule has 0 aliphatic heterocycles. The van der Waals surface area contributed by atoms with Gasteiger partial charge < -0.3 is 10.1 Å². The van der Waals surface area contributed by atoms with Crippen molar-refractivity contribution in [1.82, 2.24) is 5.32 Å². The lowest BCUT2D eigenvalue weighted by molar-refractivity contribution is 0.103.